The number of benzene rings is 1. The second-order valence-corrected chi connectivity index (χ2v) is 7.70. The highest BCUT2D eigenvalue weighted by Crippen LogP contribution is 2.07. The summed E-state index contributed by atoms with van der Waals surface area (Å²) in [5.41, 5.74) is 2.35. The van der Waals surface area contributed by atoms with Crippen LogP contribution in [0.1, 0.15) is 25.0 Å². The molecule has 1 heterocycles. The number of hydrogen-bond donors (Lipinski definition) is 2. The molecule has 0 aliphatic carbocycles. The van der Waals surface area contributed by atoms with Gasteiger partial charge in [0.2, 0.25) is 5.91 Å². The molecule has 1 aromatic carbocycles. The fourth-order valence-electron chi connectivity index (χ4n) is 3.10. The number of nitrogens with one attached hydrogen (secondary N) is 2. The van der Waals surface area contributed by atoms with Crippen LogP contribution in [0.25, 0.3) is 0 Å². The largest absolute Gasteiger partial charge is 0.353 e. The molecule has 7 heteroatoms. The smallest absolute Gasteiger partial charge is 0.317 e. The summed E-state index contributed by atoms with van der Waals surface area (Å²) in [7, 11) is 4.09. The number of hydrogen-bond acceptors (Lipinski definition) is 4. The van der Waals surface area contributed by atoms with Crippen LogP contribution in [0, 0.1) is 0 Å². The molecule has 150 valence electrons. The van der Waals surface area contributed by atoms with E-state index >= 15 is 0 Å². The van der Waals surface area contributed by atoms with Gasteiger partial charge in [0, 0.05) is 45.3 Å². The first-order valence-corrected chi connectivity index (χ1v) is 9.60. The summed E-state index contributed by atoms with van der Waals surface area (Å²) in [6.45, 7) is 8.46. The topological polar surface area (TPSA) is 67.9 Å². The lowest BCUT2D eigenvalue weighted by molar-refractivity contribution is -0.123. The Labute approximate surface area is 162 Å². The Bertz CT molecular complexity index is 607. The van der Waals surface area contributed by atoms with Gasteiger partial charge < -0.3 is 20.4 Å². The first-order valence-electron chi connectivity index (χ1n) is 9.60. The fraction of sp³-hybridized carbons (Fsp3) is 0.600. The number of urea groups is 1. The molecular weight excluding hydrogens is 342 g/mol. The van der Waals surface area contributed by atoms with Crippen LogP contribution < -0.4 is 10.6 Å². The van der Waals surface area contributed by atoms with Gasteiger partial charge in [-0.3, -0.25) is 9.69 Å². The maximum atomic E-state index is 12.4. The molecule has 0 radical (unpaired) electrons. The predicted molar refractivity (Wildman–Crippen MR) is 107 cm³/mol. The lowest BCUT2D eigenvalue weighted by Crippen LogP contribution is -2.53. The Morgan fingerprint density at radius 2 is 1.63 bits per heavy atom. The van der Waals surface area contributed by atoms with Crippen molar-refractivity contribution >= 4 is 11.9 Å². The normalized spacial score (nSPS) is 15.3. The summed E-state index contributed by atoms with van der Waals surface area (Å²) < 4.78 is 0. The van der Waals surface area contributed by atoms with E-state index in [9.17, 15) is 9.59 Å². The number of carbonyl (C=O) groups is 2. The number of rotatable bonds is 7. The molecule has 0 aromatic heterocycles. The molecule has 2 N–H and O–H groups in total. The number of piperazine rings is 1. The van der Waals surface area contributed by atoms with Crippen molar-refractivity contribution in [2.75, 3.05) is 46.8 Å². The maximum absolute atomic E-state index is 12.4. The highest BCUT2D eigenvalue weighted by molar-refractivity contribution is 5.78. The van der Waals surface area contributed by atoms with Gasteiger partial charge in [-0.25, -0.2) is 4.79 Å². The van der Waals surface area contributed by atoms with Gasteiger partial charge in [-0.1, -0.05) is 24.3 Å². The van der Waals surface area contributed by atoms with Crippen LogP contribution in [-0.2, 0) is 17.9 Å². The zero-order valence-corrected chi connectivity index (χ0v) is 17.0. The first-order chi connectivity index (χ1) is 12.8. The standard InChI is InChI=1S/C20H33N5O2/c1-16(2)22-19(26)15-24-9-11-25(12-10-24)20(27)21-13-17-5-7-18(8-6-17)14-23(3)4/h5-8,16H,9-15H2,1-4H3,(H,21,27)(H,22,26). The van der Waals surface area contributed by atoms with Crippen LogP contribution in [0.5, 0.6) is 0 Å². The van der Waals surface area contributed by atoms with Gasteiger partial charge in [0.1, 0.15) is 0 Å². The minimum atomic E-state index is -0.0429. The van der Waals surface area contributed by atoms with E-state index in [4.69, 9.17) is 0 Å². The van der Waals surface area contributed by atoms with Crippen molar-refractivity contribution in [3.8, 4) is 0 Å². The summed E-state index contributed by atoms with van der Waals surface area (Å²) >= 11 is 0. The van der Waals surface area contributed by atoms with Gasteiger partial charge in [-0.2, -0.15) is 0 Å². The van der Waals surface area contributed by atoms with Gasteiger partial charge in [0.15, 0.2) is 0 Å². The molecule has 1 fully saturated rings. The molecule has 1 aromatic rings. The summed E-state index contributed by atoms with van der Waals surface area (Å²) in [5, 5.41) is 5.89. The van der Waals surface area contributed by atoms with E-state index in [-0.39, 0.29) is 18.0 Å². The molecule has 0 bridgehead atoms. The average Bonchev–Trinajstić information content (AvgIpc) is 2.60. The quantitative estimate of drug-likeness (QED) is 0.749. The monoisotopic (exact) mass is 375 g/mol. The van der Waals surface area contributed by atoms with Crippen molar-refractivity contribution in [1.29, 1.82) is 0 Å². The van der Waals surface area contributed by atoms with Crippen molar-refractivity contribution in [2.24, 2.45) is 0 Å². The fourth-order valence-corrected chi connectivity index (χ4v) is 3.10. The third kappa shape index (κ3) is 7.56. The second kappa shape index (κ2) is 10.3. The number of nitrogens with zero attached hydrogens (tertiary/aromatic N) is 3. The lowest BCUT2D eigenvalue weighted by Gasteiger charge is -2.34. The summed E-state index contributed by atoms with van der Waals surface area (Å²) in [4.78, 5) is 30.2. The molecule has 0 unspecified atom stereocenters. The highest BCUT2D eigenvalue weighted by Gasteiger charge is 2.22. The molecule has 27 heavy (non-hydrogen) atoms. The van der Waals surface area contributed by atoms with Crippen LogP contribution in [0.15, 0.2) is 24.3 Å². The molecule has 1 aliphatic heterocycles. The maximum Gasteiger partial charge on any atom is 0.317 e. The van der Waals surface area contributed by atoms with E-state index in [0.717, 1.165) is 25.2 Å². The van der Waals surface area contributed by atoms with Crippen molar-refractivity contribution in [1.82, 2.24) is 25.3 Å². The van der Waals surface area contributed by atoms with Crippen LogP contribution >= 0.6 is 0 Å². The van der Waals surface area contributed by atoms with Crippen LogP contribution in [-0.4, -0.2) is 79.5 Å². The van der Waals surface area contributed by atoms with Gasteiger partial charge in [0.05, 0.1) is 6.54 Å². The third-order valence-corrected chi connectivity index (χ3v) is 4.44. The summed E-state index contributed by atoms with van der Waals surface area (Å²) in [6, 6.07) is 8.43. The van der Waals surface area contributed by atoms with E-state index in [0.29, 0.717) is 26.2 Å². The molecule has 0 spiro atoms. The van der Waals surface area contributed by atoms with Crippen molar-refractivity contribution < 1.29 is 9.59 Å². The zero-order valence-electron chi connectivity index (χ0n) is 17.0. The highest BCUT2D eigenvalue weighted by atomic mass is 16.2. The van der Waals surface area contributed by atoms with E-state index in [1.54, 1.807) is 0 Å². The van der Waals surface area contributed by atoms with Gasteiger partial charge in [0.25, 0.3) is 0 Å². The summed E-state index contributed by atoms with van der Waals surface area (Å²) in [5.74, 6) is 0.0422. The molecule has 1 aliphatic rings. The van der Waals surface area contributed by atoms with Gasteiger partial charge in [-0.05, 0) is 39.1 Å². The first kappa shape index (κ1) is 21.2. The van der Waals surface area contributed by atoms with E-state index in [1.165, 1.54) is 5.56 Å². The van der Waals surface area contributed by atoms with E-state index < -0.39 is 0 Å². The second-order valence-electron chi connectivity index (χ2n) is 7.70. The van der Waals surface area contributed by atoms with Crippen LogP contribution in [0.2, 0.25) is 0 Å². The van der Waals surface area contributed by atoms with E-state index in [1.807, 2.05) is 32.8 Å². The lowest BCUT2D eigenvalue weighted by atomic mass is 10.1. The molecule has 0 atom stereocenters. The van der Waals surface area contributed by atoms with Crippen LogP contribution in [0.3, 0.4) is 0 Å². The minimum absolute atomic E-state index is 0.0422. The minimum Gasteiger partial charge on any atom is -0.353 e. The van der Waals surface area contributed by atoms with Crippen molar-refractivity contribution in [2.45, 2.75) is 33.0 Å². The zero-order chi connectivity index (χ0) is 19.8. The molecular formula is C20H33N5O2. The van der Waals surface area contributed by atoms with Gasteiger partial charge in [-0.15, -0.1) is 0 Å². The predicted octanol–water partition coefficient (Wildman–Crippen LogP) is 1.10. The van der Waals surface area contributed by atoms with Gasteiger partial charge >= 0.3 is 6.03 Å². The Morgan fingerprint density at radius 3 is 2.19 bits per heavy atom. The molecule has 3 amide bonds. The third-order valence-electron chi connectivity index (χ3n) is 4.44. The Hall–Kier alpha value is -2.12. The average molecular weight is 376 g/mol. The SMILES string of the molecule is CC(C)NC(=O)CN1CCN(C(=O)NCc2ccc(CN(C)C)cc2)CC1. The van der Waals surface area contributed by atoms with Crippen molar-refractivity contribution in [3.63, 3.8) is 0 Å². The molecule has 2 rings (SSSR count). The number of carbonyl (C=O) groups excluding carboxylic acids is 2. The van der Waals surface area contributed by atoms with Crippen LogP contribution in [0.4, 0.5) is 4.79 Å². The van der Waals surface area contributed by atoms with Crippen molar-refractivity contribution in [3.05, 3.63) is 35.4 Å². The Morgan fingerprint density at radius 1 is 1.04 bits per heavy atom. The Kier molecular flexibility index (Phi) is 8.06. The molecule has 7 nitrogen and oxygen atoms in total. The molecule has 1 saturated heterocycles. The summed E-state index contributed by atoms with van der Waals surface area (Å²) in [6.07, 6.45) is 0. The Balaban J connectivity index is 1.70. The number of amides is 3. The van der Waals surface area contributed by atoms with E-state index in [2.05, 4.69) is 44.7 Å². The molecule has 0 saturated carbocycles.